The molecule has 0 saturated heterocycles. The van der Waals surface area contributed by atoms with Crippen LogP contribution in [0.4, 0.5) is 0 Å². The summed E-state index contributed by atoms with van der Waals surface area (Å²) in [5, 5.41) is 0. The van der Waals surface area contributed by atoms with E-state index in [2.05, 4.69) is 25.9 Å². The minimum Gasteiger partial charge on any atom is -0.458 e. The number of carbonyl (C=O) groups is 1. The summed E-state index contributed by atoms with van der Waals surface area (Å²) in [6, 6.07) is 14.4. The Morgan fingerprint density at radius 1 is 1.12 bits per heavy atom. The van der Waals surface area contributed by atoms with Crippen molar-refractivity contribution in [2.45, 2.75) is 19.9 Å². The van der Waals surface area contributed by atoms with Crippen molar-refractivity contribution in [1.29, 1.82) is 0 Å². The number of ketones is 1. The normalized spacial score (nSPS) is 16.0. The SMILES string of the molecule is CC(=O)C1=C(C)N=c2s/c(=C/c3ccncc3)c(=O)n2[C@@H]1c1ccc(-c2ccc(Br)cc2)o1. The summed E-state index contributed by atoms with van der Waals surface area (Å²) >= 11 is 4.73. The Kier molecular flexibility index (Phi) is 5.55. The van der Waals surface area contributed by atoms with E-state index in [1.165, 1.54) is 18.3 Å². The number of aromatic nitrogens is 2. The molecule has 4 heterocycles. The molecule has 0 bridgehead atoms. The van der Waals surface area contributed by atoms with E-state index in [9.17, 15) is 9.59 Å². The van der Waals surface area contributed by atoms with Crippen molar-refractivity contribution in [2.75, 3.05) is 0 Å². The molecule has 0 N–H and O–H groups in total. The van der Waals surface area contributed by atoms with Crippen LogP contribution in [-0.2, 0) is 4.79 Å². The number of thiazole rings is 1. The van der Waals surface area contributed by atoms with E-state index in [1.807, 2.05) is 54.6 Å². The van der Waals surface area contributed by atoms with Crippen molar-refractivity contribution in [2.24, 2.45) is 4.99 Å². The third-order valence-corrected chi connectivity index (χ3v) is 6.94. The Hall–Kier alpha value is -3.36. The van der Waals surface area contributed by atoms with Crippen LogP contribution in [0.3, 0.4) is 0 Å². The van der Waals surface area contributed by atoms with Gasteiger partial charge in [-0.2, -0.15) is 0 Å². The fourth-order valence-corrected chi connectivity index (χ4v) is 5.23. The number of pyridine rings is 1. The van der Waals surface area contributed by atoms with E-state index in [4.69, 9.17) is 4.42 Å². The van der Waals surface area contributed by atoms with Gasteiger partial charge >= 0.3 is 0 Å². The van der Waals surface area contributed by atoms with Gasteiger partial charge in [0.2, 0.25) is 0 Å². The second-order valence-corrected chi connectivity index (χ2v) is 9.55. The van der Waals surface area contributed by atoms with E-state index in [0.717, 1.165) is 15.6 Å². The van der Waals surface area contributed by atoms with Crippen LogP contribution < -0.4 is 14.9 Å². The minimum atomic E-state index is -0.678. The molecule has 0 spiro atoms. The molecule has 0 fully saturated rings. The summed E-state index contributed by atoms with van der Waals surface area (Å²) in [5.74, 6) is 1.03. The van der Waals surface area contributed by atoms with Crippen LogP contribution in [0.25, 0.3) is 17.4 Å². The third kappa shape index (κ3) is 3.96. The highest BCUT2D eigenvalue weighted by atomic mass is 79.9. The van der Waals surface area contributed by atoms with E-state index in [0.29, 0.717) is 32.1 Å². The van der Waals surface area contributed by atoms with Gasteiger partial charge in [0.1, 0.15) is 17.6 Å². The lowest BCUT2D eigenvalue weighted by Crippen LogP contribution is -2.39. The molecule has 33 heavy (non-hydrogen) atoms. The van der Waals surface area contributed by atoms with Gasteiger partial charge in [0.05, 0.1) is 4.53 Å². The first-order valence-corrected chi connectivity index (χ1v) is 11.8. The van der Waals surface area contributed by atoms with Crippen molar-refractivity contribution in [3.05, 3.63) is 108 Å². The first-order chi connectivity index (χ1) is 15.9. The summed E-state index contributed by atoms with van der Waals surface area (Å²) in [7, 11) is 0. The van der Waals surface area contributed by atoms with Gasteiger partial charge in [-0.05, 0) is 61.9 Å². The maximum absolute atomic E-state index is 13.5. The zero-order chi connectivity index (χ0) is 23.1. The van der Waals surface area contributed by atoms with Gasteiger partial charge < -0.3 is 4.42 Å². The number of benzene rings is 1. The summed E-state index contributed by atoms with van der Waals surface area (Å²) in [6.45, 7) is 3.29. The maximum atomic E-state index is 13.5. The van der Waals surface area contributed by atoms with Crippen LogP contribution in [0.1, 0.15) is 31.2 Å². The Labute approximate surface area is 201 Å². The number of fused-ring (bicyclic) bond motifs is 1. The molecule has 0 saturated carbocycles. The molecule has 0 aliphatic carbocycles. The van der Waals surface area contributed by atoms with Gasteiger partial charge in [0.25, 0.3) is 5.56 Å². The number of allylic oxidation sites excluding steroid dienone is 2. The van der Waals surface area contributed by atoms with Gasteiger partial charge in [-0.25, -0.2) is 4.99 Å². The number of carbonyl (C=O) groups excluding carboxylic acids is 1. The topological polar surface area (TPSA) is 77.5 Å². The molecule has 0 unspecified atom stereocenters. The summed E-state index contributed by atoms with van der Waals surface area (Å²) in [5.41, 5.74) is 2.60. The fraction of sp³-hybridized carbons (Fsp3) is 0.120. The zero-order valence-electron chi connectivity index (χ0n) is 17.8. The number of Topliss-reactive ketones (excluding diaryl/α,β-unsaturated/α-hetero) is 1. The molecule has 0 radical (unpaired) electrons. The zero-order valence-corrected chi connectivity index (χ0v) is 20.2. The van der Waals surface area contributed by atoms with E-state index < -0.39 is 6.04 Å². The number of halogens is 1. The van der Waals surface area contributed by atoms with Crippen LogP contribution in [0.15, 0.2) is 90.9 Å². The van der Waals surface area contributed by atoms with E-state index >= 15 is 0 Å². The predicted octanol–water partition coefficient (Wildman–Crippen LogP) is 4.24. The quantitative estimate of drug-likeness (QED) is 0.404. The second kappa shape index (κ2) is 8.53. The molecule has 0 amide bonds. The van der Waals surface area contributed by atoms with Crippen LogP contribution in [0, 0.1) is 0 Å². The number of hydrogen-bond donors (Lipinski definition) is 0. The average molecular weight is 520 g/mol. The minimum absolute atomic E-state index is 0.147. The van der Waals surface area contributed by atoms with Crippen LogP contribution in [0.2, 0.25) is 0 Å². The molecule has 8 heteroatoms. The lowest BCUT2D eigenvalue weighted by Gasteiger charge is -2.22. The monoisotopic (exact) mass is 519 g/mol. The number of nitrogens with zero attached hydrogens (tertiary/aromatic N) is 3. The van der Waals surface area contributed by atoms with Crippen molar-refractivity contribution < 1.29 is 9.21 Å². The van der Waals surface area contributed by atoms with Crippen LogP contribution in [-0.4, -0.2) is 15.3 Å². The van der Waals surface area contributed by atoms with Crippen molar-refractivity contribution in [3.8, 4) is 11.3 Å². The molecule has 1 aliphatic rings. The second-order valence-electron chi connectivity index (χ2n) is 7.63. The highest BCUT2D eigenvalue weighted by molar-refractivity contribution is 9.10. The molecule has 164 valence electrons. The number of furan rings is 1. The predicted molar refractivity (Wildman–Crippen MR) is 131 cm³/mol. The molecular weight excluding hydrogens is 502 g/mol. The highest BCUT2D eigenvalue weighted by Gasteiger charge is 2.33. The van der Waals surface area contributed by atoms with Crippen molar-refractivity contribution >= 4 is 39.1 Å². The highest BCUT2D eigenvalue weighted by Crippen LogP contribution is 2.34. The van der Waals surface area contributed by atoms with Crippen molar-refractivity contribution in [3.63, 3.8) is 0 Å². The Bertz CT molecular complexity index is 1580. The molecule has 6 nitrogen and oxygen atoms in total. The van der Waals surface area contributed by atoms with Gasteiger partial charge in [0.15, 0.2) is 10.6 Å². The van der Waals surface area contributed by atoms with Gasteiger partial charge in [-0.3, -0.25) is 19.1 Å². The largest absolute Gasteiger partial charge is 0.458 e. The van der Waals surface area contributed by atoms with Gasteiger partial charge in [-0.1, -0.05) is 39.4 Å². The van der Waals surface area contributed by atoms with Crippen LogP contribution in [0.5, 0.6) is 0 Å². The Morgan fingerprint density at radius 2 is 1.85 bits per heavy atom. The third-order valence-electron chi connectivity index (χ3n) is 5.43. The number of rotatable bonds is 4. The smallest absolute Gasteiger partial charge is 0.271 e. The van der Waals surface area contributed by atoms with E-state index in [1.54, 1.807) is 23.9 Å². The summed E-state index contributed by atoms with van der Waals surface area (Å²) < 4.78 is 9.26. The molecule has 3 aromatic heterocycles. The fourth-order valence-electron chi connectivity index (χ4n) is 3.92. The Morgan fingerprint density at radius 3 is 2.55 bits per heavy atom. The molecule has 1 atom stereocenters. The van der Waals surface area contributed by atoms with E-state index in [-0.39, 0.29) is 11.3 Å². The van der Waals surface area contributed by atoms with Gasteiger partial charge in [0, 0.05) is 33.7 Å². The Balaban J connectivity index is 1.69. The average Bonchev–Trinajstić information content (AvgIpc) is 3.39. The van der Waals surface area contributed by atoms with Gasteiger partial charge in [-0.15, -0.1) is 0 Å². The lowest BCUT2D eigenvalue weighted by molar-refractivity contribution is -0.114. The first-order valence-electron chi connectivity index (χ1n) is 10.2. The van der Waals surface area contributed by atoms with Crippen molar-refractivity contribution in [1.82, 2.24) is 9.55 Å². The first kappa shape index (κ1) is 21.5. The molecular formula is C25H18BrN3O3S. The van der Waals surface area contributed by atoms with Crippen LogP contribution >= 0.6 is 27.3 Å². The molecule has 1 aliphatic heterocycles. The standard InChI is InChI=1S/C25H18BrN3O3S/c1-14-22(15(2)30)23(20-8-7-19(32-20)17-3-5-18(26)6-4-17)29-24(31)21(33-25(29)28-14)13-16-9-11-27-12-10-16/h3-13,23H,1-2H3/b21-13+/t23-/m1/s1. The number of hydrogen-bond acceptors (Lipinski definition) is 6. The summed E-state index contributed by atoms with van der Waals surface area (Å²) in [4.78, 5) is 35.3. The lowest BCUT2D eigenvalue weighted by atomic mass is 9.98. The maximum Gasteiger partial charge on any atom is 0.271 e. The molecule has 5 rings (SSSR count). The molecule has 4 aromatic rings. The molecule has 1 aromatic carbocycles. The summed E-state index contributed by atoms with van der Waals surface area (Å²) in [6.07, 6.45) is 5.16.